The van der Waals surface area contributed by atoms with Crippen LogP contribution >= 0.6 is 0 Å². The predicted octanol–water partition coefficient (Wildman–Crippen LogP) is 4.13. The van der Waals surface area contributed by atoms with E-state index in [9.17, 15) is 0 Å². The van der Waals surface area contributed by atoms with Gasteiger partial charge in [0.1, 0.15) is 0 Å². The fourth-order valence-corrected chi connectivity index (χ4v) is 4.14. The third kappa shape index (κ3) is 3.47. The smallest absolute Gasteiger partial charge is 0.00683 e. The van der Waals surface area contributed by atoms with Crippen molar-refractivity contribution in [3.63, 3.8) is 0 Å². The minimum absolute atomic E-state index is 0.907. The van der Waals surface area contributed by atoms with E-state index in [2.05, 4.69) is 5.32 Å². The Hall–Kier alpha value is -0.0400. The molecular weight excluding hydrogens is 206 g/mol. The molecule has 3 saturated carbocycles. The van der Waals surface area contributed by atoms with E-state index in [4.69, 9.17) is 0 Å². The van der Waals surface area contributed by atoms with E-state index in [1.165, 1.54) is 57.9 Å². The minimum Gasteiger partial charge on any atom is -0.314 e. The van der Waals surface area contributed by atoms with Gasteiger partial charge in [0.25, 0.3) is 0 Å². The highest BCUT2D eigenvalue weighted by Gasteiger charge is 2.30. The second-order valence-electron chi connectivity index (χ2n) is 6.87. The zero-order valence-electron chi connectivity index (χ0n) is 11.3. The molecule has 1 heteroatoms. The lowest BCUT2D eigenvalue weighted by Crippen LogP contribution is -2.32. The predicted molar refractivity (Wildman–Crippen MR) is 73.0 cm³/mol. The van der Waals surface area contributed by atoms with E-state index in [0.717, 1.165) is 23.8 Å². The van der Waals surface area contributed by atoms with Crippen LogP contribution in [0.25, 0.3) is 0 Å². The summed E-state index contributed by atoms with van der Waals surface area (Å²) >= 11 is 0. The van der Waals surface area contributed by atoms with Crippen LogP contribution in [-0.2, 0) is 0 Å². The summed E-state index contributed by atoms with van der Waals surface area (Å²) in [6.07, 6.45) is 16.6. The molecule has 3 fully saturated rings. The van der Waals surface area contributed by atoms with Gasteiger partial charge in [0, 0.05) is 6.04 Å². The van der Waals surface area contributed by atoms with Gasteiger partial charge in [-0.15, -0.1) is 0 Å². The van der Waals surface area contributed by atoms with E-state index in [1.807, 2.05) is 0 Å². The summed E-state index contributed by atoms with van der Waals surface area (Å²) in [5.41, 5.74) is 0. The first-order chi connectivity index (χ1) is 8.42. The third-order valence-electron chi connectivity index (χ3n) is 5.42. The van der Waals surface area contributed by atoms with Crippen molar-refractivity contribution in [1.82, 2.24) is 5.32 Å². The molecule has 1 nitrogen and oxygen atoms in total. The Morgan fingerprint density at radius 1 is 0.706 bits per heavy atom. The molecule has 0 aromatic rings. The maximum absolute atomic E-state index is 3.78. The molecular formula is C16H29N. The fourth-order valence-electron chi connectivity index (χ4n) is 4.14. The van der Waals surface area contributed by atoms with Crippen LogP contribution in [0, 0.1) is 17.8 Å². The average Bonchev–Trinajstić information content (AvgIpc) is 3.05. The Kier molecular flexibility index (Phi) is 4.05. The quantitative estimate of drug-likeness (QED) is 0.755. The summed E-state index contributed by atoms with van der Waals surface area (Å²) in [4.78, 5) is 0. The Bertz CT molecular complexity index is 228. The van der Waals surface area contributed by atoms with Crippen LogP contribution in [0.4, 0.5) is 0 Å². The molecule has 2 unspecified atom stereocenters. The summed E-state index contributed by atoms with van der Waals surface area (Å²) in [6, 6.07) is 0.907. The number of rotatable bonds is 5. The van der Waals surface area contributed by atoms with Gasteiger partial charge in [-0.2, -0.15) is 0 Å². The van der Waals surface area contributed by atoms with Crippen molar-refractivity contribution in [2.24, 2.45) is 17.8 Å². The summed E-state index contributed by atoms with van der Waals surface area (Å²) in [6.45, 7) is 1.34. The van der Waals surface area contributed by atoms with Gasteiger partial charge in [-0.3, -0.25) is 0 Å². The number of hydrogen-bond acceptors (Lipinski definition) is 1. The monoisotopic (exact) mass is 235 g/mol. The molecule has 17 heavy (non-hydrogen) atoms. The van der Waals surface area contributed by atoms with Gasteiger partial charge < -0.3 is 5.32 Å². The zero-order chi connectivity index (χ0) is 11.5. The lowest BCUT2D eigenvalue weighted by molar-refractivity contribution is 0.191. The maximum Gasteiger partial charge on any atom is 0.00683 e. The summed E-state index contributed by atoms with van der Waals surface area (Å²) < 4.78 is 0. The maximum atomic E-state index is 3.78. The van der Waals surface area contributed by atoms with E-state index in [-0.39, 0.29) is 0 Å². The Morgan fingerprint density at radius 3 is 2.06 bits per heavy atom. The standard InChI is InChI=1S/C16H29N/c1-2-6-13(5-1)11-14-7-3-4-8-15(14)12-17-16-9-10-16/h13-17H,1-12H2. The molecule has 0 aromatic carbocycles. The summed E-state index contributed by atoms with van der Waals surface area (Å²) in [5, 5.41) is 3.78. The summed E-state index contributed by atoms with van der Waals surface area (Å²) in [7, 11) is 0. The van der Waals surface area contributed by atoms with Gasteiger partial charge in [-0.25, -0.2) is 0 Å². The molecule has 2 atom stereocenters. The molecule has 0 radical (unpaired) electrons. The van der Waals surface area contributed by atoms with Crippen molar-refractivity contribution in [3.05, 3.63) is 0 Å². The normalized spacial score (nSPS) is 35.3. The van der Waals surface area contributed by atoms with Crippen molar-refractivity contribution in [1.29, 1.82) is 0 Å². The molecule has 3 rings (SSSR count). The lowest BCUT2D eigenvalue weighted by atomic mass is 9.74. The van der Waals surface area contributed by atoms with Gasteiger partial charge in [0.15, 0.2) is 0 Å². The van der Waals surface area contributed by atoms with Crippen molar-refractivity contribution in [3.8, 4) is 0 Å². The molecule has 0 heterocycles. The largest absolute Gasteiger partial charge is 0.314 e. The van der Waals surface area contributed by atoms with Crippen LogP contribution in [0.2, 0.25) is 0 Å². The molecule has 3 aliphatic rings. The molecule has 0 spiro atoms. The third-order valence-corrected chi connectivity index (χ3v) is 5.42. The molecule has 98 valence electrons. The van der Waals surface area contributed by atoms with Crippen LogP contribution in [0.15, 0.2) is 0 Å². The van der Waals surface area contributed by atoms with Crippen molar-refractivity contribution < 1.29 is 0 Å². The highest BCUT2D eigenvalue weighted by atomic mass is 14.9. The van der Waals surface area contributed by atoms with Gasteiger partial charge in [0.2, 0.25) is 0 Å². The Balaban J connectivity index is 1.47. The molecule has 0 amide bonds. The van der Waals surface area contributed by atoms with Crippen molar-refractivity contribution in [2.75, 3.05) is 6.54 Å². The minimum atomic E-state index is 0.907. The number of nitrogens with one attached hydrogen (secondary N) is 1. The first kappa shape index (κ1) is 12.0. The van der Waals surface area contributed by atoms with Crippen LogP contribution in [-0.4, -0.2) is 12.6 Å². The SMILES string of the molecule is C1CCC(CC2CCCCC2CNC2CC2)C1. The van der Waals surface area contributed by atoms with Crippen LogP contribution in [0.3, 0.4) is 0 Å². The molecule has 0 aromatic heterocycles. The van der Waals surface area contributed by atoms with Gasteiger partial charge in [-0.05, 0) is 50.0 Å². The van der Waals surface area contributed by atoms with Crippen molar-refractivity contribution >= 4 is 0 Å². The Labute approximate surface area is 107 Å². The Morgan fingerprint density at radius 2 is 1.35 bits per heavy atom. The highest BCUT2D eigenvalue weighted by molar-refractivity contribution is 4.85. The van der Waals surface area contributed by atoms with Crippen LogP contribution in [0.5, 0.6) is 0 Å². The van der Waals surface area contributed by atoms with Crippen LogP contribution in [0.1, 0.15) is 70.6 Å². The second-order valence-corrected chi connectivity index (χ2v) is 6.87. The van der Waals surface area contributed by atoms with Gasteiger partial charge >= 0.3 is 0 Å². The van der Waals surface area contributed by atoms with E-state index >= 15 is 0 Å². The second kappa shape index (κ2) is 5.73. The molecule has 1 N–H and O–H groups in total. The zero-order valence-corrected chi connectivity index (χ0v) is 11.3. The molecule has 0 saturated heterocycles. The van der Waals surface area contributed by atoms with Crippen LogP contribution < -0.4 is 5.32 Å². The number of hydrogen-bond donors (Lipinski definition) is 1. The first-order valence-electron chi connectivity index (χ1n) is 8.15. The van der Waals surface area contributed by atoms with Gasteiger partial charge in [-0.1, -0.05) is 44.9 Å². The first-order valence-corrected chi connectivity index (χ1v) is 8.15. The fraction of sp³-hybridized carbons (Fsp3) is 1.00. The van der Waals surface area contributed by atoms with E-state index < -0.39 is 0 Å². The average molecular weight is 235 g/mol. The molecule has 0 bridgehead atoms. The molecule has 0 aliphatic heterocycles. The van der Waals surface area contributed by atoms with E-state index in [0.29, 0.717) is 0 Å². The summed E-state index contributed by atoms with van der Waals surface area (Å²) in [5.74, 6) is 3.18. The topological polar surface area (TPSA) is 12.0 Å². The van der Waals surface area contributed by atoms with Gasteiger partial charge in [0.05, 0.1) is 0 Å². The van der Waals surface area contributed by atoms with E-state index in [1.54, 1.807) is 19.3 Å². The van der Waals surface area contributed by atoms with Crippen molar-refractivity contribution in [2.45, 2.75) is 76.7 Å². The lowest BCUT2D eigenvalue weighted by Gasteiger charge is -2.33. The molecule has 3 aliphatic carbocycles. The highest BCUT2D eigenvalue weighted by Crippen LogP contribution is 2.39.